The van der Waals surface area contributed by atoms with E-state index in [1.807, 2.05) is 0 Å². The zero-order valence-electron chi connectivity index (χ0n) is 7.20. The lowest BCUT2D eigenvalue weighted by Gasteiger charge is -2.31. The van der Waals surface area contributed by atoms with E-state index in [2.05, 4.69) is 49.7 Å². The molecule has 0 spiro atoms. The maximum Gasteiger partial charge on any atom is 0.187 e. The van der Waals surface area contributed by atoms with Crippen molar-refractivity contribution in [1.29, 1.82) is 0 Å². The Hall–Kier alpha value is -0.405. The van der Waals surface area contributed by atoms with Crippen molar-refractivity contribution in [2.45, 2.75) is 18.3 Å². The predicted octanol–water partition coefficient (Wildman–Crippen LogP) is 0.849. The first-order valence-corrected chi connectivity index (χ1v) is 4.74. The molecule has 0 saturated heterocycles. The van der Waals surface area contributed by atoms with Crippen LogP contribution in [0.1, 0.15) is 11.1 Å². The number of fused-ring (bicyclic) bond motifs is 1. The summed E-state index contributed by atoms with van der Waals surface area (Å²) in [4.78, 5) is 2.27. The standard InChI is InChI=1S/C9H12BNS/c10-11-6-8-4-2-1-3-7(8)5-9(11)12/h1-4,9,12H,5-6,10H2. The van der Waals surface area contributed by atoms with Crippen molar-refractivity contribution >= 4 is 20.6 Å². The minimum absolute atomic E-state index is 0.389. The van der Waals surface area contributed by atoms with E-state index in [1.54, 1.807) is 0 Å². The summed E-state index contributed by atoms with van der Waals surface area (Å²) in [6.07, 6.45) is 1.07. The normalized spacial score (nSPS) is 23.6. The molecule has 1 unspecified atom stereocenters. The molecule has 1 aliphatic rings. The highest BCUT2D eigenvalue weighted by molar-refractivity contribution is 7.80. The number of thiol groups is 1. The third-order valence-corrected chi connectivity index (χ3v) is 3.03. The van der Waals surface area contributed by atoms with Crippen LogP contribution in [-0.4, -0.2) is 18.2 Å². The van der Waals surface area contributed by atoms with Gasteiger partial charge in [0.2, 0.25) is 0 Å². The van der Waals surface area contributed by atoms with Crippen molar-refractivity contribution in [2.24, 2.45) is 0 Å². The van der Waals surface area contributed by atoms with Crippen LogP contribution in [0.25, 0.3) is 0 Å². The minimum Gasteiger partial charge on any atom is -0.334 e. The molecule has 1 atom stereocenters. The summed E-state index contributed by atoms with van der Waals surface area (Å²) in [6.45, 7) is 1.03. The number of hydrogen-bond acceptors (Lipinski definition) is 2. The van der Waals surface area contributed by atoms with Gasteiger partial charge < -0.3 is 4.81 Å². The molecule has 12 heavy (non-hydrogen) atoms. The van der Waals surface area contributed by atoms with Gasteiger partial charge in [0.1, 0.15) is 0 Å². The van der Waals surface area contributed by atoms with Crippen molar-refractivity contribution in [2.75, 3.05) is 0 Å². The summed E-state index contributed by atoms with van der Waals surface area (Å²) in [7, 11) is 2.12. The van der Waals surface area contributed by atoms with E-state index in [0.717, 1.165) is 13.0 Å². The molecule has 2 rings (SSSR count). The van der Waals surface area contributed by atoms with Crippen LogP contribution >= 0.6 is 12.6 Å². The maximum absolute atomic E-state index is 4.51. The van der Waals surface area contributed by atoms with Crippen molar-refractivity contribution in [3.8, 4) is 0 Å². The average molecular weight is 177 g/mol. The molecule has 0 fully saturated rings. The molecule has 0 saturated carbocycles. The van der Waals surface area contributed by atoms with Gasteiger partial charge in [0.25, 0.3) is 0 Å². The molecule has 0 N–H and O–H groups in total. The summed E-state index contributed by atoms with van der Waals surface area (Å²) in [5.41, 5.74) is 2.90. The molecular formula is C9H12BNS. The van der Waals surface area contributed by atoms with Gasteiger partial charge >= 0.3 is 0 Å². The van der Waals surface area contributed by atoms with E-state index in [4.69, 9.17) is 0 Å². The first-order valence-electron chi connectivity index (χ1n) is 4.22. The lowest BCUT2D eigenvalue weighted by Crippen LogP contribution is -2.34. The van der Waals surface area contributed by atoms with Gasteiger partial charge in [0.15, 0.2) is 7.98 Å². The third-order valence-electron chi connectivity index (χ3n) is 2.45. The fourth-order valence-corrected chi connectivity index (χ4v) is 1.92. The summed E-state index contributed by atoms with van der Waals surface area (Å²) < 4.78 is 0. The number of nitrogens with zero attached hydrogens (tertiary/aromatic N) is 1. The van der Waals surface area contributed by atoms with Gasteiger partial charge in [0.05, 0.1) is 0 Å². The van der Waals surface area contributed by atoms with E-state index in [0.29, 0.717) is 5.37 Å². The summed E-state index contributed by atoms with van der Waals surface area (Å²) in [5, 5.41) is 0.389. The van der Waals surface area contributed by atoms with Gasteiger partial charge in [-0.2, -0.15) is 12.6 Å². The zero-order valence-corrected chi connectivity index (χ0v) is 8.09. The Kier molecular flexibility index (Phi) is 2.15. The Bertz CT molecular complexity index is 261. The van der Waals surface area contributed by atoms with Crippen molar-refractivity contribution in [3.63, 3.8) is 0 Å². The Morgan fingerprint density at radius 2 is 2.00 bits per heavy atom. The molecule has 0 bridgehead atoms. The molecule has 1 aliphatic heterocycles. The van der Waals surface area contributed by atoms with Gasteiger partial charge in [-0.05, 0) is 17.5 Å². The fourth-order valence-electron chi connectivity index (χ4n) is 1.64. The van der Waals surface area contributed by atoms with Crippen LogP contribution in [0.4, 0.5) is 0 Å². The Morgan fingerprint density at radius 1 is 1.33 bits per heavy atom. The van der Waals surface area contributed by atoms with Crippen molar-refractivity contribution < 1.29 is 0 Å². The first-order chi connectivity index (χ1) is 5.77. The van der Waals surface area contributed by atoms with Crippen LogP contribution in [0.5, 0.6) is 0 Å². The minimum atomic E-state index is 0.389. The zero-order chi connectivity index (χ0) is 8.55. The van der Waals surface area contributed by atoms with Crippen LogP contribution in [0.15, 0.2) is 24.3 Å². The smallest absolute Gasteiger partial charge is 0.187 e. The lowest BCUT2D eigenvalue weighted by atomic mass is 9.98. The molecule has 62 valence electrons. The van der Waals surface area contributed by atoms with Crippen LogP contribution in [0, 0.1) is 0 Å². The van der Waals surface area contributed by atoms with E-state index in [1.165, 1.54) is 11.1 Å². The van der Waals surface area contributed by atoms with Gasteiger partial charge in [0, 0.05) is 11.9 Å². The number of rotatable bonds is 0. The molecule has 0 radical (unpaired) electrons. The Morgan fingerprint density at radius 3 is 2.75 bits per heavy atom. The fraction of sp³-hybridized carbons (Fsp3) is 0.333. The molecule has 0 amide bonds. The van der Waals surface area contributed by atoms with Crippen LogP contribution < -0.4 is 0 Å². The van der Waals surface area contributed by atoms with Crippen LogP contribution in [-0.2, 0) is 13.0 Å². The number of benzene rings is 1. The molecule has 3 heteroatoms. The molecule has 1 aromatic rings. The highest BCUT2D eigenvalue weighted by atomic mass is 32.1. The number of hydrogen-bond donors (Lipinski definition) is 1. The molecule has 0 aromatic heterocycles. The molecular weight excluding hydrogens is 165 g/mol. The summed E-state index contributed by atoms with van der Waals surface area (Å²) >= 11 is 4.51. The summed E-state index contributed by atoms with van der Waals surface area (Å²) in [6, 6.07) is 8.60. The molecule has 1 nitrogen and oxygen atoms in total. The maximum atomic E-state index is 4.51. The molecule has 1 aromatic carbocycles. The van der Waals surface area contributed by atoms with E-state index in [-0.39, 0.29) is 0 Å². The third kappa shape index (κ3) is 1.39. The Balaban J connectivity index is 2.34. The largest absolute Gasteiger partial charge is 0.334 e. The second kappa shape index (κ2) is 3.15. The van der Waals surface area contributed by atoms with Gasteiger partial charge in [-0.25, -0.2) is 0 Å². The van der Waals surface area contributed by atoms with Gasteiger partial charge in [-0.3, -0.25) is 0 Å². The molecule has 1 heterocycles. The van der Waals surface area contributed by atoms with Crippen molar-refractivity contribution in [3.05, 3.63) is 35.4 Å². The average Bonchev–Trinajstić information content (AvgIpc) is 2.07. The second-order valence-corrected chi connectivity index (χ2v) is 3.96. The van der Waals surface area contributed by atoms with Crippen LogP contribution in [0.3, 0.4) is 0 Å². The van der Waals surface area contributed by atoms with Crippen molar-refractivity contribution in [1.82, 2.24) is 4.81 Å². The summed E-state index contributed by atoms with van der Waals surface area (Å²) in [5.74, 6) is 0. The topological polar surface area (TPSA) is 3.24 Å². The monoisotopic (exact) mass is 177 g/mol. The van der Waals surface area contributed by atoms with Crippen LogP contribution in [0.2, 0.25) is 0 Å². The van der Waals surface area contributed by atoms with Gasteiger partial charge in [-0.15, -0.1) is 0 Å². The lowest BCUT2D eigenvalue weighted by molar-refractivity contribution is 0.398. The molecule has 0 aliphatic carbocycles. The highest BCUT2D eigenvalue weighted by Crippen LogP contribution is 2.22. The highest BCUT2D eigenvalue weighted by Gasteiger charge is 2.18. The second-order valence-electron chi connectivity index (χ2n) is 3.37. The quantitative estimate of drug-likeness (QED) is 0.454. The Labute approximate surface area is 79.6 Å². The van der Waals surface area contributed by atoms with Gasteiger partial charge in [-0.1, -0.05) is 24.3 Å². The SMILES string of the molecule is BN1Cc2ccccc2CC1S. The first kappa shape index (κ1) is 8.20. The van der Waals surface area contributed by atoms with E-state index < -0.39 is 0 Å². The van der Waals surface area contributed by atoms with E-state index in [9.17, 15) is 0 Å². The predicted molar refractivity (Wildman–Crippen MR) is 57.0 cm³/mol. The van der Waals surface area contributed by atoms with E-state index >= 15 is 0 Å².